The van der Waals surface area contributed by atoms with Gasteiger partial charge in [-0.05, 0) is 31.2 Å². The molecule has 1 unspecified atom stereocenters. The topological polar surface area (TPSA) is 72.5 Å². The molecule has 3 aromatic heterocycles. The van der Waals surface area contributed by atoms with Crippen molar-refractivity contribution in [3.63, 3.8) is 0 Å². The third kappa shape index (κ3) is 1.06. The Hall–Kier alpha value is -1.88. The molecule has 3 aromatic rings. The van der Waals surface area contributed by atoms with Gasteiger partial charge in [-0.25, -0.2) is 9.97 Å². The van der Waals surface area contributed by atoms with E-state index in [1.165, 1.54) is 18.4 Å². The fourth-order valence-electron chi connectivity index (χ4n) is 4.15. The first-order valence-corrected chi connectivity index (χ1v) is 6.82. The number of nitrogens with two attached hydrogens (primary N) is 1. The van der Waals surface area contributed by atoms with Gasteiger partial charge in [-0.2, -0.15) is 0 Å². The van der Waals surface area contributed by atoms with Crippen LogP contribution in [0.5, 0.6) is 0 Å². The lowest BCUT2D eigenvalue weighted by atomic mass is 9.76. The van der Waals surface area contributed by atoms with Crippen LogP contribution in [0.1, 0.15) is 19.3 Å². The van der Waals surface area contributed by atoms with Crippen LogP contribution in [0.25, 0.3) is 22.1 Å². The molecule has 6 rings (SSSR count). The van der Waals surface area contributed by atoms with E-state index in [4.69, 9.17) is 5.73 Å². The highest BCUT2D eigenvalue weighted by molar-refractivity contribution is 6.01. The Morgan fingerprint density at radius 2 is 2.21 bits per heavy atom. The Labute approximate surface area is 109 Å². The second-order valence-corrected chi connectivity index (χ2v) is 6.11. The van der Waals surface area contributed by atoms with E-state index in [1.54, 1.807) is 0 Å². The minimum atomic E-state index is 0.213. The van der Waals surface area contributed by atoms with Crippen molar-refractivity contribution >= 4 is 22.1 Å². The number of rotatable bonds is 1. The number of fused-ring (bicyclic) bond motifs is 4. The van der Waals surface area contributed by atoms with E-state index in [1.807, 2.05) is 18.7 Å². The van der Waals surface area contributed by atoms with Gasteiger partial charge in [-0.3, -0.25) is 0 Å². The van der Waals surface area contributed by atoms with E-state index in [0.29, 0.717) is 12.0 Å². The van der Waals surface area contributed by atoms with Gasteiger partial charge in [0, 0.05) is 23.2 Å². The summed E-state index contributed by atoms with van der Waals surface area (Å²) in [5, 5.41) is 1.16. The zero-order valence-corrected chi connectivity index (χ0v) is 10.5. The van der Waals surface area contributed by atoms with Crippen molar-refractivity contribution in [2.75, 3.05) is 0 Å². The third-order valence-electron chi connectivity index (χ3n) is 5.11. The van der Waals surface area contributed by atoms with Gasteiger partial charge in [0.2, 0.25) is 0 Å². The SMILES string of the molecule is NC1CC2(n3cnc4cnc5[nH]ccc5c43)CC1C2. The zero-order valence-electron chi connectivity index (χ0n) is 10.5. The number of imidazole rings is 1. The van der Waals surface area contributed by atoms with Crippen LogP contribution in [0.2, 0.25) is 0 Å². The van der Waals surface area contributed by atoms with Crippen LogP contribution in [0.3, 0.4) is 0 Å². The maximum Gasteiger partial charge on any atom is 0.139 e. The van der Waals surface area contributed by atoms with Crippen molar-refractivity contribution in [3.05, 3.63) is 24.8 Å². The molecule has 5 heteroatoms. The highest BCUT2D eigenvalue weighted by Crippen LogP contribution is 2.57. The first-order valence-electron chi connectivity index (χ1n) is 6.82. The van der Waals surface area contributed by atoms with E-state index in [-0.39, 0.29) is 5.54 Å². The lowest BCUT2D eigenvalue weighted by molar-refractivity contribution is 0.156. The fraction of sp³-hybridized carbons (Fsp3) is 0.429. The summed E-state index contributed by atoms with van der Waals surface area (Å²) in [6.45, 7) is 0. The highest BCUT2D eigenvalue weighted by atomic mass is 15.2. The molecule has 19 heavy (non-hydrogen) atoms. The van der Waals surface area contributed by atoms with E-state index in [9.17, 15) is 0 Å². The number of H-pyrrole nitrogens is 1. The smallest absolute Gasteiger partial charge is 0.139 e. The molecule has 3 heterocycles. The molecule has 96 valence electrons. The van der Waals surface area contributed by atoms with Crippen molar-refractivity contribution in [2.45, 2.75) is 30.8 Å². The van der Waals surface area contributed by atoms with Gasteiger partial charge < -0.3 is 15.3 Å². The number of aromatic nitrogens is 4. The van der Waals surface area contributed by atoms with Gasteiger partial charge >= 0.3 is 0 Å². The molecule has 3 aliphatic carbocycles. The molecule has 3 saturated carbocycles. The summed E-state index contributed by atoms with van der Waals surface area (Å²) in [7, 11) is 0. The molecule has 3 aliphatic rings. The number of nitrogens with zero attached hydrogens (tertiary/aromatic N) is 3. The van der Waals surface area contributed by atoms with Crippen molar-refractivity contribution in [2.24, 2.45) is 11.7 Å². The second-order valence-electron chi connectivity index (χ2n) is 6.11. The Morgan fingerprint density at radius 1 is 1.32 bits per heavy atom. The van der Waals surface area contributed by atoms with Gasteiger partial charge in [-0.1, -0.05) is 0 Å². The predicted octanol–water partition coefficient (Wildman–Crippen LogP) is 1.75. The van der Waals surface area contributed by atoms with Crippen LogP contribution in [-0.2, 0) is 5.54 Å². The predicted molar refractivity (Wildman–Crippen MR) is 72.7 cm³/mol. The maximum atomic E-state index is 6.20. The molecule has 2 bridgehead atoms. The summed E-state index contributed by atoms with van der Waals surface area (Å²) < 4.78 is 2.36. The molecule has 3 N–H and O–H groups in total. The van der Waals surface area contributed by atoms with Crippen molar-refractivity contribution in [1.82, 2.24) is 19.5 Å². The minimum absolute atomic E-state index is 0.213. The Balaban J connectivity index is 1.83. The summed E-state index contributed by atoms with van der Waals surface area (Å²) in [6, 6.07) is 2.45. The molecular weight excluding hydrogens is 238 g/mol. The van der Waals surface area contributed by atoms with Crippen molar-refractivity contribution < 1.29 is 0 Å². The molecule has 0 radical (unpaired) electrons. The quantitative estimate of drug-likeness (QED) is 0.694. The van der Waals surface area contributed by atoms with E-state index >= 15 is 0 Å². The fourth-order valence-corrected chi connectivity index (χ4v) is 4.15. The van der Waals surface area contributed by atoms with E-state index < -0.39 is 0 Å². The molecule has 0 saturated heterocycles. The summed E-state index contributed by atoms with van der Waals surface area (Å²) >= 11 is 0. The van der Waals surface area contributed by atoms with Crippen molar-refractivity contribution in [3.8, 4) is 0 Å². The van der Waals surface area contributed by atoms with Gasteiger partial charge in [0.1, 0.15) is 11.2 Å². The van der Waals surface area contributed by atoms with Crippen molar-refractivity contribution in [1.29, 1.82) is 0 Å². The molecule has 0 aliphatic heterocycles. The van der Waals surface area contributed by atoms with E-state index in [2.05, 4.69) is 25.6 Å². The number of hydrogen-bond donors (Lipinski definition) is 2. The Morgan fingerprint density at radius 3 is 3.00 bits per heavy atom. The summed E-state index contributed by atoms with van der Waals surface area (Å²) in [4.78, 5) is 12.1. The minimum Gasteiger partial charge on any atom is -0.346 e. The Kier molecular flexibility index (Phi) is 1.57. The standard InChI is InChI=1S/C14H15N5/c15-10-5-14(3-8(10)4-14)19-7-18-11-6-17-13-9(12(11)19)1-2-16-13/h1-2,6-8,10H,3-5,15H2,(H,16,17). The second kappa shape index (κ2) is 2.99. The number of hydrogen-bond acceptors (Lipinski definition) is 3. The average molecular weight is 253 g/mol. The molecule has 5 nitrogen and oxygen atoms in total. The van der Waals surface area contributed by atoms with Gasteiger partial charge in [-0.15, -0.1) is 0 Å². The first-order chi connectivity index (χ1) is 9.27. The molecule has 0 spiro atoms. The van der Waals surface area contributed by atoms with Crippen LogP contribution >= 0.6 is 0 Å². The third-order valence-corrected chi connectivity index (χ3v) is 5.11. The normalized spacial score (nSPS) is 33.1. The summed E-state index contributed by atoms with van der Waals surface area (Å²) in [6.07, 6.45) is 9.26. The van der Waals surface area contributed by atoms with Gasteiger partial charge in [0.05, 0.1) is 18.0 Å². The monoisotopic (exact) mass is 253 g/mol. The molecule has 0 aromatic carbocycles. The number of nitrogens with one attached hydrogen (secondary N) is 1. The van der Waals surface area contributed by atoms with Gasteiger partial charge in [0.25, 0.3) is 0 Å². The Bertz CT molecular complexity index is 792. The van der Waals surface area contributed by atoms with E-state index in [0.717, 1.165) is 23.0 Å². The molecular formula is C14H15N5. The lowest BCUT2D eigenvalue weighted by Crippen LogP contribution is -2.38. The summed E-state index contributed by atoms with van der Waals surface area (Å²) in [5.41, 5.74) is 9.53. The lowest BCUT2D eigenvalue weighted by Gasteiger charge is -2.40. The zero-order chi connectivity index (χ0) is 12.6. The largest absolute Gasteiger partial charge is 0.346 e. The molecule has 0 amide bonds. The van der Waals surface area contributed by atoms with Crippen LogP contribution in [0, 0.1) is 5.92 Å². The van der Waals surface area contributed by atoms with Crippen LogP contribution in [0.15, 0.2) is 24.8 Å². The maximum absolute atomic E-state index is 6.20. The molecule has 1 atom stereocenters. The van der Waals surface area contributed by atoms with Crippen LogP contribution in [0.4, 0.5) is 0 Å². The first kappa shape index (κ1) is 9.97. The number of aromatic amines is 1. The number of pyridine rings is 1. The highest BCUT2D eigenvalue weighted by Gasteiger charge is 2.56. The van der Waals surface area contributed by atoms with Crippen LogP contribution in [-0.4, -0.2) is 25.6 Å². The summed E-state index contributed by atoms with van der Waals surface area (Å²) in [5.74, 6) is 0.709. The van der Waals surface area contributed by atoms with Gasteiger partial charge in [0.15, 0.2) is 0 Å². The van der Waals surface area contributed by atoms with Crippen LogP contribution < -0.4 is 5.73 Å². The molecule has 3 fully saturated rings. The average Bonchev–Trinajstić information content (AvgIpc) is 3.03.